The van der Waals surface area contributed by atoms with Crippen molar-refractivity contribution < 1.29 is 9.72 Å². The molecule has 164 valence electrons. The second-order valence-electron chi connectivity index (χ2n) is 8.31. The van der Waals surface area contributed by atoms with Gasteiger partial charge >= 0.3 is 0 Å². The van der Waals surface area contributed by atoms with Gasteiger partial charge in [-0.15, -0.1) is 0 Å². The van der Waals surface area contributed by atoms with Crippen molar-refractivity contribution in [2.75, 3.05) is 18.0 Å². The van der Waals surface area contributed by atoms with E-state index in [0.29, 0.717) is 5.56 Å². The standard InChI is InChI=1S/C26H27N3O3/c1-20-6-5-9-25(18-20)28(26(30)22-7-3-2-4-8-22)23-14-16-27(17-15-23)19-21-10-12-24(13-11-21)29(31)32/h2-13,18,23H,14-17,19H2,1H3. The Kier molecular flexibility index (Phi) is 6.61. The van der Waals surface area contributed by atoms with Gasteiger partial charge in [0.1, 0.15) is 0 Å². The van der Waals surface area contributed by atoms with Gasteiger partial charge in [-0.25, -0.2) is 0 Å². The maximum atomic E-state index is 13.5. The van der Waals surface area contributed by atoms with E-state index in [2.05, 4.69) is 11.0 Å². The first-order valence-corrected chi connectivity index (χ1v) is 10.9. The molecule has 0 unspecified atom stereocenters. The van der Waals surface area contributed by atoms with Gasteiger partial charge in [0.2, 0.25) is 0 Å². The van der Waals surface area contributed by atoms with Gasteiger partial charge in [-0.3, -0.25) is 19.8 Å². The summed E-state index contributed by atoms with van der Waals surface area (Å²) >= 11 is 0. The first-order chi connectivity index (χ1) is 15.5. The van der Waals surface area contributed by atoms with E-state index in [-0.39, 0.29) is 22.6 Å². The summed E-state index contributed by atoms with van der Waals surface area (Å²) < 4.78 is 0. The Balaban J connectivity index is 1.47. The predicted molar refractivity (Wildman–Crippen MR) is 126 cm³/mol. The van der Waals surface area contributed by atoms with Crippen LogP contribution in [0.1, 0.15) is 34.3 Å². The maximum Gasteiger partial charge on any atom is 0.269 e. The number of rotatable bonds is 6. The second kappa shape index (κ2) is 9.75. The molecule has 6 nitrogen and oxygen atoms in total. The number of likely N-dealkylation sites (tertiary alicyclic amines) is 1. The number of hydrogen-bond donors (Lipinski definition) is 0. The van der Waals surface area contributed by atoms with Crippen LogP contribution in [0.2, 0.25) is 0 Å². The van der Waals surface area contributed by atoms with Crippen LogP contribution in [0.15, 0.2) is 78.9 Å². The van der Waals surface area contributed by atoms with Crippen LogP contribution >= 0.6 is 0 Å². The molecule has 0 atom stereocenters. The highest BCUT2D eigenvalue weighted by Crippen LogP contribution is 2.27. The molecule has 0 saturated carbocycles. The van der Waals surface area contributed by atoms with Gasteiger partial charge in [0.15, 0.2) is 0 Å². The maximum absolute atomic E-state index is 13.5. The Morgan fingerprint density at radius 1 is 1.00 bits per heavy atom. The topological polar surface area (TPSA) is 66.7 Å². The summed E-state index contributed by atoms with van der Waals surface area (Å²) in [4.78, 5) is 28.3. The number of piperidine rings is 1. The summed E-state index contributed by atoms with van der Waals surface area (Å²) in [5, 5.41) is 10.9. The Bertz CT molecular complexity index is 1070. The van der Waals surface area contributed by atoms with Crippen molar-refractivity contribution in [2.45, 2.75) is 32.4 Å². The van der Waals surface area contributed by atoms with Crippen LogP contribution < -0.4 is 4.90 Å². The van der Waals surface area contributed by atoms with Crippen LogP contribution in [-0.2, 0) is 6.54 Å². The van der Waals surface area contributed by atoms with E-state index in [0.717, 1.165) is 49.3 Å². The molecule has 0 aliphatic carbocycles. The summed E-state index contributed by atoms with van der Waals surface area (Å²) in [5.41, 5.74) is 3.93. The SMILES string of the molecule is Cc1cccc(N(C(=O)c2ccccc2)C2CCN(Cc3ccc([N+](=O)[O-])cc3)CC2)c1. The zero-order chi connectivity index (χ0) is 22.5. The lowest BCUT2D eigenvalue weighted by Gasteiger charge is -2.39. The molecule has 0 aromatic heterocycles. The summed E-state index contributed by atoms with van der Waals surface area (Å²) in [5.74, 6) is 0.0324. The van der Waals surface area contributed by atoms with E-state index in [1.165, 1.54) is 0 Å². The number of non-ortho nitro benzene ring substituents is 1. The Morgan fingerprint density at radius 3 is 2.31 bits per heavy atom. The first-order valence-electron chi connectivity index (χ1n) is 10.9. The van der Waals surface area contributed by atoms with Crippen LogP contribution in [0.5, 0.6) is 0 Å². The molecular formula is C26H27N3O3. The number of nitro benzene ring substituents is 1. The van der Waals surface area contributed by atoms with Gasteiger partial charge < -0.3 is 4.90 Å². The molecule has 1 fully saturated rings. The van der Waals surface area contributed by atoms with Gasteiger partial charge in [-0.1, -0.05) is 42.5 Å². The average molecular weight is 430 g/mol. The van der Waals surface area contributed by atoms with Crippen molar-refractivity contribution in [3.05, 3.63) is 106 Å². The molecule has 1 heterocycles. The molecule has 1 saturated heterocycles. The molecular weight excluding hydrogens is 402 g/mol. The van der Waals surface area contributed by atoms with Crippen molar-refractivity contribution in [1.29, 1.82) is 0 Å². The fourth-order valence-corrected chi connectivity index (χ4v) is 4.31. The Hall–Kier alpha value is -3.51. The number of anilines is 1. The van der Waals surface area contributed by atoms with Crippen molar-refractivity contribution in [3.63, 3.8) is 0 Å². The van der Waals surface area contributed by atoms with Crippen LogP contribution in [-0.4, -0.2) is 34.9 Å². The average Bonchev–Trinajstić information content (AvgIpc) is 2.81. The molecule has 3 aromatic carbocycles. The molecule has 4 rings (SSSR count). The molecule has 0 bridgehead atoms. The fourth-order valence-electron chi connectivity index (χ4n) is 4.31. The molecule has 1 aliphatic heterocycles. The predicted octanol–water partition coefficient (Wildman–Crippen LogP) is 5.21. The minimum atomic E-state index is -0.376. The fraction of sp³-hybridized carbons (Fsp3) is 0.269. The van der Waals surface area contributed by atoms with Crippen LogP contribution in [0, 0.1) is 17.0 Å². The van der Waals surface area contributed by atoms with E-state index >= 15 is 0 Å². The third-order valence-corrected chi connectivity index (χ3v) is 5.99. The van der Waals surface area contributed by atoms with Gasteiger partial charge in [-0.2, -0.15) is 0 Å². The van der Waals surface area contributed by atoms with Crippen molar-refractivity contribution in [1.82, 2.24) is 4.90 Å². The minimum Gasteiger partial charge on any atom is -0.305 e. The molecule has 1 aliphatic rings. The van der Waals surface area contributed by atoms with Gasteiger partial charge in [0.05, 0.1) is 4.92 Å². The number of amides is 1. The lowest BCUT2D eigenvalue weighted by molar-refractivity contribution is -0.384. The molecule has 0 radical (unpaired) electrons. The molecule has 0 N–H and O–H groups in total. The van der Waals surface area contributed by atoms with Gasteiger partial charge in [0.25, 0.3) is 11.6 Å². The van der Waals surface area contributed by atoms with Crippen LogP contribution in [0.25, 0.3) is 0 Å². The highest BCUT2D eigenvalue weighted by molar-refractivity contribution is 6.06. The Morgan fingerprint density at radius 2 is 1.69 bits per heavy atom. The minimum absolute atomic E-state index is 0.0324. The second-order valence-corrected chi connectivity index (χ2v) is 8.31. The number of carbonyl (C=O) groups excluding carboxylic acids is 1. The highest BCUT2D eigenvalue weighted by atomic mass is 16.6. The molecule has 0 spiro atoms. The normalized spacial score (nSPS) is 14.8. The third kappa shape index (κ3) is 5.03. The smallest absolute Gasteiger partial charge is 0.269 e. The molecule has 1 amide bonds. The number of carbonyl (C=O) groups is 1. The van der Waals surface area contributed by atoms with E-state index in [1.807, 2.05) is 72.5 Å². The van der Waals surface area contributed by atoms with Crippen LogP contribution in [0.3, 0.4) is 0 Å². The summed E-state index contributed by atoms with van der Waals surface area (Å²) in [6, 6.07) is 24.5. The number of nitrogens with zero attached hydrogens (tertiary/aromatic N) is 3. The summed E-state index contributed by atoms with van der Waals surface area (Å²) in [7, 11) is 0. The number of benzene rings is 3. The van der Waals surface area contributed by atoms with Crippen LogP contribution in [0.4, 0.5) is 11.4 Å². The van der Waals surface area contributed by atoms with Crippen molar-refractivity contribution in [2.24, 2.45) is 0 Å². The van der Waals surface area contributed by atoms with E-state index in [4.69, 9.17) is 0 Å². The molecule has 32 heavy (non-hydrogen) atoms. The van der Waals surface area contributed by atoms with Gasteiger partial charge in [0, 0.05) is 49.1 Å². The lowest BCUT2D eigenvalue weighted by atomic mass is 9.99. The molecule has 6 heteroatoms. The molecule has 3 aromatic rings. The zero-order valence-electron chi connectivity index (χ0n) is 18.2. The van der Waals surface area contributed by atoms with Crippen molar-refractivity contribution in [3.8, 4) is 0 Å². The monoisotopic (exact) mass is 429 g/mol. The number of nitro groups is 1. The van der Waals surface area contributed by atoms with E-state index in [1.54, 1.807) is 12.1 Å². The lowest BCUT2D eigenvalue weighted by Crippen LogP contribution is -2.47. The van der Waals surface area contributed by atoms with Gasteiger partial charge in [-0.05, 0) is 55.2 Å². The highest BCUT2D eigenvalue weighted by Gasteiger charge is 2.30. The van der Waals surface area contributed by atoms with Crippen molar-refractivity contribution >= 4 is 17.3 Å². The Labute approximate surface area is 188 Å². The number of aryl methyl sites for hydroxylation is 1. The third-order valence-electron chi connectivity index (χ3n) is 5.99. The van der Waals surface area contributed by atoms with E-state index in [9.17, 15) is 14.9 Å². The van der Waals surface area contributed by atoms with E-state index < -0.39 is 0 Å². The first kappa shape index (κ1) is 21.7. The largest absolute Gasteiger partial charge is 0.305 e. The zero-order valence-corrected chi connectivity index (χ0v) is 18.2. The number of hydrogen-bond acceptors (Lipinski definition) is 4. The quantitative estimate of drug-likeness (QED) is 0.398. The summed E-state index contributed by atoms with van der Waals surface area (Å²) in [6.07, 6.45) is 1.75. The summed E-state index contributed by atoms with van der Waals surface area (Å²) in [6.45, 7) is 4.53.